The van der Waals surface area contributed by atoms with Crippen molar-refractivity contribution in [2.75, 3.05) is 6.54 Å². The standard InChI is InChI=1S/C14H14N3/c15-8-11-4-6-12(7-5-11)14-3-1-2-13-9-16-10-17(13)14/h4-7,10,14H,1-3,9H2/q+1. The van der Waals surface area contributed by atoms with Crippen LogP contribution in [0.1, 0.15) is 36.4 Å². The Balaban J connectivity index is 1.95. The molecular weight excluding hydrogens is 210 g/mol. The molecule has 0 saturated carbocycles. The van der Waals surface area contributed by atoms with Gasteiger partial charge in [0.15, 0.2) is 6.54 Å². The molecule has 0 spiro atoms. The first-order valence-corrected chi connectivity index (χ1v) is 6.01. The molecule has 2 heterocycles. The van der Waals surface area contributed by atoms with Crippen LogP contribution in [-0.4, -0.2) is 23.2 Å². The first kappa shape index (κ1) is 10.2. The van der Waals surface area contributed by atoms with E-state index in [0.29, 0.717) is 6.04 Å². The summed E-state index contributed by atoms with van der Waals surface area (Å²) in [7, 11) is 0. The van der Waals surface area contributed by atoms with Crippen molar-refractivity contribution >= 4 is 12.1 Å². The van der Waals surface area contributed by atoms with Crippen LogP contribution in [-0.2, 0) is 0 Å². The average Bonchev–Trinajstić information content (AvgIpc) is 2.87. The molecule has 3 rings (SSSR count). The van der Waals surface area contributed by atoms with Gasteiger partial charge in [0.25, 0.3) is 6.34 Å². The molecule has 0 bridgehead atoms. The monoisotopic (exact) mass is 224 g/mol. The zero-order valence-electron chi connectivity index (χ0n) is 9.63. The number of hydrogen-bond donors (Lipinski definition) is 0. The molecule has 0 aliphatic carbocycles. The van der Waals surface area contributed by atoms with E-state index < -0.39 is 0 Å². The number of nitrogens with zero attached hydrogens (tertiary/aromatic N) is 3. The fraction of sp³-hybridized carbons (Fsp3) is 0.357. The largest absolute Gasteiger partial charge is 0.281 e. The Bertz CT molecular complexity index is 532. The zero-order valence-corrected chi connectivity index (χ0v) is 9.63. The van der Waals surface area contributed by atoms with Crippen LogP contribution >= 0.6 is 0 Å². The summed E-state index contributed by atoms with van der Waals surface area (Å²) < 4.78 is 2.31. The van der Waals surface area contributed by atoms with Crippen molar-refractivity contribution in [1.29, 1.82) is 5.26 Å². The summed E-state index contributed by atoms with van der Waals surface area (Å²) in [6.07, 6.45) is 5.55. The normalized spacial score (nSPS) is 22.4. The molecule has 2 aliphatic heterocycles. The summed E-state index contributed by atoms with van der Waals surface area (Å²) >= 11 is 0. The van der Waals surface area contributed by atoms with E-state index in [1.54, 1.807) is 0 Å². The van der Waals surface area contributed by atoms with Gasteiger partial charge in [-0.1, -0.05) is 17.1 Å². The van der Waals surface area contributed by atoms with Gasteiger partial charge in [0.2, 0.25) is 0 Å². The van der Waals surface area contributed by atoms with Crippen LogP contribution in [0.3, 0.4) is 0 Å². The summed E-state index contributed by atoms with van der Waals surface area (Å²) in [4.78, 5) is 4.35. The molecule has 17 heavy (non-hydrogen) atoms. The second kappa shape index (κ2) is 4.14. The lowest BCUT2D eigenvalue weighted by atomic mass is 9.95. The van der Waals surface area contributed by atoms with Gasteiger partial charge in [0.1, 0.15) is 11.8 Å². The Labute approximate surface area is 101 Å². The maximum atomic E-state index is 8.80. The molecular formula is C14H14N3+. The smallest absolute Gasteiger partial charge is 0.228 e. The van der Waals surface area contributed by atoms with Gasteiger partial charge in [0, 0.05) is 6.42 Å². The van der Waals surface area contributed by atoms with Crippen molar-refractivity contribution in [3.63, 3.8) is 0 Å². The molecule has 2 aliphatic rings. The molecule has 1 unspecified atom stereocenters. The maximum Gasteiger partial charge on any atom is 0.281 e. The Morgan fingerprint density at radius 2 is 2.12 bits per heavy atom. The van der Waals surface area contributed by atoms with Gasteiger partial charge < -0.3 is 0 Å². The van der Waals surface area contributed by atoms with Crippen LogP contribution in [0.15, 0.2) is 29.3 Å². The van der Waals surface area contributed by atoms with E-state index in [1.807, 2.05) is 18.5 Å². The van der Waals surface area contributed by atoms with E-state index in [-0.39, 0.29) is 0 Å². The van der Waals surface area contributed by atoms with Crippen LogP contribution < -0.4 is 0 Å². The molecule has 0 N–H and O–H groups in total. The average molecular weight is 224 g/mol. The number of aliphatic imine (C=N–C) groups is 1. The van der Waals surface area contributed by atoms with Crippen LogP contribution in [0.2, 0.25) is 0 Å². The summed E-state index contributed by atoms with van der Waals surface area (Å²) in [5, 5.41) is 8.80. The highest BCUT2D eigenvalue weighted by atomic mass is 15.1. The second-order valence-electron chi connectivity index (χ2n) is 4.57. The van der Waals surface area contributed by atoms with Crippen LogP contribution in [0.4, 0.5) is 0 Å². The molecule has 0 aromatic heterocycles. The highest BCUT2D eigenvalue weighted by Gasteiger charge is 2.30. The van der Waals surface area contributed by atoms with Crippen molar-refractivity contribution in [3.8, 4) is 6.07 Å². The zero-order chi connectivity index (χ0) is 11.7. The van der Waals surface area contributed by atoms with Crippen LogP contribution in [0.25, 0.3) is 0 Å². The van der Waals surface area contributed by atoms with Crippen molar-refractivity contribution in [1.82, 2.24) is 0 Å². The number of rotatable bonds is 1. The van der Waals surface area contributed by atoms with Crippen molar-refractivity contribution in [2.24, 2.45) is 4.99 Å². The lowest BCUT2D eigenvalue weighted by Gasteiger charge is -2.21. The van der Waals surface area contributed by atoms with Gasteiger partial charge in [-0.25, -0.2) is 4.58 Å². The van der Waals surface area contributed by atoms with Crippen molar-refractivity contribution in [2.45, 2.75) is 25.3 Å². The predicted molar refractivity (Wildman–Crippen MR) is 66.4 cm³/mol. The Morgan fingerprint density at radius 3 is 2.88 bits per heavy atom. The van der Waals surface area contributed by atoms with Gasteiger partial charge in [-0.3, -0.25) is 0 Å². The Kier molecular flexibility index (Phi) is 2.49. The van der Waals surface area contributed by atoms with Gasteiger partial charge in [0.05, 0.1) is 11.6 Å². The molecule has 0 amide bonds. The molecule has 84 valence electrons. The van der Waals surface area contributed by atoms with Crippen molar-refractivity contribution in [3.05, 3.63) is 35.4 Å². The summed E-state index contributed by atoms with van der Waals surface area (Å²) in [5.41, 5.74) is 3.45. The second-order valence-corrected chi connectivity index (χ2v) is 4.57. The molecule has 0 saturated heterocycles. The first-order valence-electron chi connectivity index (χ1n) is 6.01. The lowest BCUT2D eigenvalue weighted by Crippen LogP contribution is -2.26. The van der Waals surface area contributed by atoms with Crippen molar-refractivity contribution < 1.29 is 4.58 Å². The molecule has 1 aromatic carbocycles. The molecule has 0 radical (unpaired) electrons. The Morgan fingerprint density at radius 1 is 1.29 bits per heavy atom. The number of hydrogen-bond acceptors (Lipinski definition) is 2. The van der Waals surface area contributed by atoms with Gasteiger partial charge >= 0.3 is 0 Å². The highest BCUT2D eigenvalue weighted by Crippen LogP contribution is 2.28. The number of benzene rings is 1. The first-order chi connectivity index (χ1) is 8.38. The molecule has 1 atom stereocenters. The maximum absolute atomic E-state index is 8.80. The van der Waals surface area contributed by atoms with Crippen LogP contribution in [0.5, 0.6) is 0 Å². The van der Waals surface area contributed by atoms with Crippen LogP contribution in [0, 0.1) is 11.3 Å². The lowest BCUT2D eigenvalue weighted by molar-refractivity contribution is -0.457. The summed E-state index contributed by atoms with van der Waals surface area (Å²) in [6.45, 7) is 0.868. The third kappa shape index (κ3) is 1.76. The van der Waals surface area contributed by atoms with Gasteiger partial charge in [-0.05, 0) is 30.5 Å². The summed E-state index contributed by atoms with van der Waals surface area (Å²) in [5.74, 6) is 0. The van der Waals surface area contributed by atoms with E-state index in [2.05, 4.69) is 27.8 Å². The predicted octanol–water partition coefficient (Wildman–Crippen LogP) is 2.28. The minimum absolute atomic E-state index is 0.415. The van der Waals surface area contributed by atoms with E-state index in [0.717, 1.165) is 12.1 Å². The minimum Gasteiger partial charge on any atom is -0.228 e. The number of nitriles is 1. The van der Waals surface area contributed by atoms with E-state index in [9.17, 15) is 0 Å². The van der Waals surface area contributed by atoms with Gasteiger partial charge in [-0.2, -0.15) is 5.26 Å². The molecule has 3 heteroatoms. The highest BCUT2D eigenvalue weighted by molar-refractivity contribution is 5.88. The molecule has 0 fully saturated rings. The Hall–Kier alpha value is -1.95. The van der Waals surface area contributed by atoms with Gasteiger partial charge in [-0.15, -0.1) is 0 Å². The SMILES string of the molecule is N#Cc1ccc(C2CCCC3=[N+]2C=NC3)cc1. The van der Waals surface area contributed by atoms with E-state index in [4.69, 9.17) is 5.26 Å². The topological polar surface area (TPSA) is 39.2 Å². The summed E-state index contributed by atoms with van der Waals surface area (Å²) in [6, 6.07) is 10.5. The molecule has 1 aromatic rings. The quantitative estimate of drug-likeness (QED) is 0.674. The fourth-order valence-electron chi connectivity index (χ4n) is 2.65. The third-order valence-corrected chi connectivity index (χ3v) is 3.55. The van der Waals surface area contributed by atoms with E-state index in [1.165, 1.54) is 30.5 Å². The van der Waals surface area contributed by atoms with E-state index >= 15 is 0 Å². The molecule has 3 nitrogen and oxygen atoms in total. The minimum atomic E-state index is 0.415. The third-order valence-electron chi connectivity index (χ3n) is 3.55. The fourth-order valence-corrected chi connectivity index (χ4v) is 2.65.